The molecular weight excluding hydrogens is 186 g/mol. The summed E-state index contributed by atoms with van der Waals surface area (Å²) in [6, 6.07) is 0.733. The van der Waals surface area contributed by atoms with Crippen molar-refractivity contribution in [3.8, 4) is 0 Å². The van der Waals surface area contributed by atoms with Gasteiger partial charge in [-0.05, 0) is 19.3 Å². The zero-order valence-corrected chi connectivity index (χ0v) is 9.58. The highest BCUT2D eigenvalue weighted by Gasteiger charge is 2.14. The standard InChI is InChI=1S/C12H21N3/c1-2-8-15-9-7-13-12(15)10-14-11-5-3-4-6-11/h7,9,11,14H,2-6,8,10H2,1H3. The van der Waals surface area contributed by atoms with E-state index in [2.05, 4.69) is 28.0 Å². The number of hydrogen-bond acceptors (Lipinski definition) is 2. The summed E-state index contributed by atoms with van der Waals surface area (Å²) in [6.45, 7) is 4.22. The van der Waals surface area contributed by atoms with Gasteiger partial charge in [0, 0.05) is 25.0 Å². The van der Waals surface area contributed by atoms with Crippen LogP contribution in [0.3, 0.4) is 0 Å². The molecule has 0 aliphatic heterocycles. The number of nitrogens with one attached hydrogen (secondary N) is 1. The van der Waals surface area contributed by atoms with Crippen molar-refractivity contribution in [1.29, 1.82) is 0 Å². The first kappa shape index (κ1) is 10.7. The van der Waals surface area contributed by atoms with Crippen LogP contribution in [-0.2, 0) is 13.1 Å². The fraction of sp³-hybridized carbons (Fsp3) is 0.750. The largest absolute Gasteiger partial charge is 0.334 e. The molecule has 15 heavy (non-hydrogen) atoms. The van der Waals surface area contributed by atoms with E-state index in [9.17, 15) is 0 Å². The second-order valence-corrected chi connectivity index (χ2v) is 4.40. The van der Waals surface area contributed by atoms with Gasteiger partial charge in [-0.1, -0.05) is 19.8 Å². The molecule has 1 heterocycles. The minimum absolute atomic E-state index is 0.733. The maximum atomic E-state index is 4.40. The lowest BCUT2D eigenvalue weighted by Gasteiger charge is -2.12. The van der Waals surface area contributed by atoms with Gasteiger partial charge in [0.1, 0.15) is 5.82 Å². The molecule has 1 aromatic heterocycles. The van der Waals surface area contributed by atoms with E-state index in [-0.39, 0.29) is 0 Å². The molecule has 0 unspecified atom stereocenters. The first-order valence-corrected chi connectivity index (χ1v) is 6.13. The number of aromatic nitrogens is 2. The Morgan fingerprint density at radius 1 is 1.47 bits per heavy atom. The van der Waals surface area contributed by atoms with Crippen LogP contribution < -0.4 is 5.32 Å². The van der Waals surface area contributed by atoms with Crippen molar-refractivity contribution in [2.45, 2.75) is 58.2 Å². The van der Waals surface area contributed by atoms with Crippen LogP contribution in [0.2, 0.25) is 0 Å². The first-order valence-electron chi connectivity index (χ1n) is 6.13. The van der Waals surface area contributed by atoms with Crippen molar-refractivity contribution >= 4 is 0 Å². The monoisotopic (exact) mass is 207 g/mol. The maximum Gasteiger partial charge on any atom is 0.122 e. The summed E-state index contributed by atoms with van der Waals surface area (Å²) in [5.74, 6) is 1.18. The topological polar surface area (TPSA) is 29.9 Å². The summed E-state index contributed by atoms with van der Waals surface area (Å²) in [5, 5.41) is 3.60. The molecule has 1 aliphatic carbocycles. The Morgan fingerprint density at radius 2 is 2.27 bits per heavy atom. The lowest BCUT2D eigenvalue weighted by atomic mass is 10.2. The number of aryl methyl sites for hydroxylation is 1. The molecule has 0 bridgehead atoms. The van der Waals surface area contributed by atoms with E-state index < -0.39 is 0 Å². The SMILES string of the molecule is CCCn1ccnc1CNC1CCCC1. The fourth-order valence-electron chi connectivity index (χ4n) is 2.32. The zero-order chi connectivity index (χ0) is 10.5. The van der Waals surface area contributed by atoms with Crippen molar-refractivity contribution < 1.29 is 0 Å². The Bertz CT molecular complexity index is 287. The molecular formula is C12H21N3. The smallest absolute Gasteiger partial charge is 0.122 e. The predicted octanol–water partition coefficient (Wildman–Crippen LogP) is 2.33. The summed E-state index contributed by atoms with van der Waals surface area (Å²) in [6.07, 6.45) is 10.6. The molecule has 1 aliphatic rings. The lowest BCUT2D eigenvalue weighted by Crippen LogP contribution is -2.26. The van der Waals surface area contributed by atoms with Crippen molar-refractivity contribution in [2.75, 3.05) is 0 Å². The van der Waals surface area contributed by atoms with Crippen LogP contribution >= 0.6 is 0 Å². The van der Waals surface area contributed by atoms with Crippen LogP contribution in [-0.4, -0.2) is 15.6 Å². The Balaban J connectivity index is 1.83. The molecule has 3 nitrogen and oxygen atoms in total. The van der Waals surface area contributed by atoms with Gasteiger partial charge in [0.15, 0.2) is 0 Å². The summed E-state index contributed by atoms with van der Waals surface area (Å²) in [5.41, 5.74) is 0. The van der Waals surface area contributed by atoms with Crippen molar-refractivity contribution in [3.05, 3.63) is 18.2 Å². The van der Waals surface area contributed by atoms with Gasteiger partial charge in [-0.2, -0.15) is 0 Å². The van der Waals surface area contributed by atoms with Gasteiger partial charge in [0.2, 0.25) is 0 Å². The second-order valence-electron chi connectivity index (χ2n) is 4.40. The summed E-state index contributed by atoms with van der Waals surface area (Å²) < 4.78 is 2.25. The van der Waals surface area contributed by atoms with Crippen LogP contribution in [0.1, 0.15) is 44.9 Å². The number of nitrogens with zero attached hydrogens (tertiary/aromatic N) is 2. The summed E-state index contributed by atoms with van der Waals surface area (Å²) >= 11 is 0. The van der Waals surface area contributed by atoms with Gasteiger partial charge < -0.3 is 9.88 Å². The third-order valence-corrected chi connectivity index (χ3v) is 3.17. The van der Waals surface area contributed by atoms with Crippen molar-refractivity contribution in [1.82, 2.24) is 14.9 Å². The summed E-state index contributed by atoms with van der Waals surface area (Å²) in [4.78, 5) is 4.40. The highest BCUT2D eigenvalue weighted by molar-refractivity contribution is 4.92. The van der Waals surface area contributed by atoms with Crippen LogP contribution in [0, 0.1) is 0 Å². The van der Waals surface area contributed by atoms with Gasteiger partial charge in [-0.25, -0.2) is 4.98 Å². The van der Waals surface area contributed by atoms with E-state index in [4.69, 9.17) is 0 Å². The van der Waals surface area contributed by atoms with Gasteiger partial charge in [-0.3, -0.25) is 0 Å². The molecule has 1 fully saturated rings. The molecule has 0 radical (unpaired) electrons. The summed E-state index contributed by atoms with van der Waals surface area (Å²) in [7, 11) is 0. The third kappa shape index (κ3) is 2.81. The average Bonchev–Trinajstić information content (AvgIpc) is 2.85. The van der Waals surface area contributed by atoms with Crippen LogP contribution in [0.15, 0.2) is 12.4 Å². The van der Waals surface area contributed by atoms with E-state index in [0.29, 0.717) is 0 Å². The number of rotatable bonds is 5. The molecule has 3 heteroatoms. The molecule has 1 saturated carbocycles. The maximum absolute atomic E-state index is 4.40. The quantitative estimate of drug-likeness (QED) is 0.803. The molecule has 1 N–H and O–H groups in total. The zero-order valence-electron chi connectivity index (χ0n) is 9.58. The molecule has 84 valence electrons. The van der Waals surface area contributed by atoms with E-state index in [0.717, 1.165) is 19.1 Å². The minimum Gasteiger partial charge on any atom is -0.334 e. The van der Waals surface area contributed by atoms with E-state index in [1.165, 1.54) is 37.9 Å². The molecule has 0 amide bonds. The van der Waals surface area contributed by atoms with Gasteiger partial charge in [0.05, 0.1) is 6.54 Å². The molecule has 0 saturated heterocycles. The normalized spacial score (nSPS) is 17.4. The second kappa shape index (κ2) is 5.31. The van der Waals surface area contributed by atoms with Gasteiger partial charge >= 0.3 is 0 Å². The fourth-order valence-corrected chi connectivity index (χ4v) is 2.32. The molecule has 0 atom stereocenters. The van der Waals surface area contributed by atoms with E-state index >= 15 is 0 Å². The molecule has 1 aromatic rings. The first-order chi connectivity index (χ1) is 7.40. The predicted molar refractivity (Wildman–Crippen MR) is 61.6 cm³/mol. The minimum atomic E-state index is 0.733. The van der Waals surface area contributed by atoms with Crippen LogP contribution in [0.25, 0.3) is 0 Å². The highest BCUT2D eigenvalue weighted by Crippen LogP contribution is 2.17. The lowest BCUT2D eigenvalue weighted by molar-refractivity contribution is 0.497. The molecule has 2 rings (SSSR count). The Hall–Kier alpha value is -0.830. The highest BCUT2D eigenvalue weighted by atomic mass is 15.1. The number of imidazole rings is 1. The molecule has 0 aromatic carbocycles. The van der Waals surface area contributed by atoms with Gasteiger partial charge in [0.25, 0.3) is 0 Å². The van der Waals surface area contributed by atoms with Crippen molar-refractivity contribution in [3.63, 3.8) is 0 Å². The van der Waals surface area contributed by atoms with Crippen LogP contribution in [0.4, 0.5) is 0 Å². The van der Waals surface area contributed by atoms with E-state index in [1.807, 2.05) is 6.20 Å². The Morgan fingerprint density at radius 3 is 3.00 bits per heavy atom. The Labute approximate surface area is 91.9 Å². The van der Waals surface area contributed by atoms with Crippen molar-refractivity contribution in [2.24, 2.45) is 0 Å². The molecule has 0 spiro atoms. The average molecular weight is 207 g/mol. The Kier molecular flexibility index (Phi) is 3.78. The third-order valence-electron chi connectivity index (χ3n) is 3.17. The number of hydrogen-bond donors (Lipinski definition) is 1. The van der Waals surface area contributed by atoms with Gasteiger partial charge in [-0.15, -0.1) is 0 Å². The van der Waals surface area contributed by atoms with Crippen LogP contribution in [0.5, 0.6) is 0 Å². The van der Waals surface area contributed by atoms with E-state index in [1.54, 1.807) is 0 Å².